The van der Waals surface area contributed by atoms with E-state index >= 15 is 0 Å². The molecular formula is C22H26N4O. The summed E-state index contributed by atoms with van der Waals surface area (Å²) in [7, 11) is 1.67. The molecule has 0 unspecified atom stereocenters. The topological polar surface area (TPSA) is 59.1 Å². The number of hydrogen-bond acceptors (Lipinski definition) is 5. The Morgan fingerprint density at radius 2 is 1.63 bits per heavy atom. The number of benzene rings is 2. The van der Waals surface area contributed by atoms with E-state index in [-0.39, 0.29) is 5.54 Å². The minimum absolute atomic E-state index is 0.122. The zero-order valence-electron chi connectivity index (χ0n) is 16.3. The lowest BCUT2D eigenvalue weighted by molar-refractivity contribution is 0.414. The van der Waals surface area contributed by atoms with Gasteiger partial charge in [0.05, 0.1) is 12.8 Å². The maximum Gasteiger partial charge on any atom is 0.225 e. The number of ether oxygens (including phenoxy) is 1. The predicted molar refractivity (Wildman–Crippen MR) is 111 cm³/mol. The molecule has 0 amide bonds. The van der Waals surface area contributed by atoms with Gasteiger partial charge in [0.1, 0.15) is 11.6 Å². The van der Waals surface area contributed by atoms with Crippen LogP contribution in [-0.4, -0.2) is 22.6 Å². The highest BCUT2D eigenvalue weighted by Crippen LogP contribution is 2.23. The lowest BCUT2D eigenvalue weighted by Gasteiger charge is -2.21. The normalized spacial score (nSPS) is 11.1. The quantitative estimate of drug-likeness (QED) is 0.648. The Balaban J connectivity index is 1.85. The molecule has 0 aliphatic rings. The van der Waals surface area contributed by atoms with Crippen LogP contribution in [0.15, 0.2) is 60.7 Å². The van der Waals surface area contributed by atoms with Gasteiger partial charge in [0.15, 0.2) is 0 Å². The maximum absolute atomic E-state index is 5.21. The summed E-state index contributed by atoms with van der Waals surface area (Å²) in [6, 6.07) is 20.1. The van der Waals surface area contributed by atoms with E-state index in [1.165, 1.54) is 0 Å². The summed E-state index contributed by atoms with van der Waals surface area (Å²) in [6.07, 6.45) is 0. The van der Waals surface area contributed by atoms with Crippen LogP contribution in [0.3, 0.4) is 0 Å². The summed E-state index contributed by atoms with van der Waals surface area (Å²) in [6.45, 7) is 6.95. The number of methoxy groups -OCH3 is 1. The molecule has 0 spiro atoms. The van der Waals surface area contributed by atoms with Crippen molar-refractivity contribution in [1.29, 1.82) is 0 Å². The SMILES string of the molecule is COc1ccc(CNc2cc(-c3ccccc3)nc(NC(C)(C)C)n2)cc1. The Morgan fingerprint density at radius 1 is 0.926 bits per heavy atom. The Kier molecular flexibility index (Phi) is 5.60. The van der Waals surface area contributed by atoms with E-state index in [0.29, 0.717) is 12.5 Å². The van der Waals surface area contributed by atoms with E-state index in [4.69, 9.17) is 4.74 Å². The molecule has 0 aliphatic heterocycles. The van der Waals surface area contributed by atoms with Crippen molar-refractivity contribution in [1.82, 2.24) is 9.97 Å². The van der Waals surface area contributed by atoms with E-state index in [1.54, 1.807) is 7.11 Å². The van der Waals surface area contributed by atoms with Gasteiger partial charge in [0, 0.05) is 23.7 Å². The summed E-state index contributed by atoms with van der Waals surface area (Å²) in [5.41, 5.74) is 2.97. The van der Waals surface area contributed by atoms with Gasteiger partial charge in [-0.3, -0.25) is 0 Å². The van der Waals surface area contributed by atoms with E-state index < -0.39 is 0 Å². The molecule has 3 rings (SSSR count). The Hall–Kier alpha value is -3.08. The second-order valence-electron chi connectivity index (χ2n) is 7.40. The molecule has 27 heavy (non-hydrogen) atoms. The van der Waals surface area contributed by atoms with Crippen molar-refractivity contribution >= 4 is 11.8 Å². The van der Waals surface area contributed by atoms with Crippen LogP contribution >= 0.6 is 0 Å². The average Bonchev–Trinajstić information content (AvgIpc) is 2.66. The van der Waals surface area contributed by atoms with Gasteiger partial charge >= 0.3 is 0 Å². The molecule has 0 saturated carbocycles. The Labute approximate surface area is 160 Å². The molecule has 3 aromatic rings. The van der Waals surface area contributed by atoms with Gasteiger partial charge in [-0.05, 0) is 38.5 Å². The van der Waals surface area contributed by atoms with Gasteiger partial charge in [0.25, 0.3) is 0 Å². The predicted octanol–water partition coefficient (Wildman–Crippen LogP) is 4.97. The third-order valence-corrected chi connectivity index (χ3v) is 3.92. The van der Waals surface area contributed by atoms with Crippen LogP contribution in [0.2, 0.25) is 0 Å². The zero-order valence-corrected chi connectivity index (χ0v) is 16.3. The van der Waals surface area contributed by atoms with Crippen LogP contribution in [0.25, 0.3) is 11.3 Å². The molecule has 1 heterocycles. The van der Waals surface area contributed by atoms with Crippen molar-refractivity contribution in [2.24, 2.45) is 0 Å². The highest BCUT2D eigenvalue weighted by molar-refractivity contribution is 5.64. The fourth-order valence-corrected chi connectivity index (χ4v) is 2.62. The molecule has 0 bridgehead atoms. The van der Waals surface area contributed by atoms with E-state index in [0.717, 1.165) is 28.4 Å². The van der Waals surface area contributed by atoms with Crippen molar-refractivity contribution in [3.05, 3.63) is 66.2 Å². The molecule has 5 heteroatoms. The minimum Gasteiger partial charge on any atom is -0.497 e. The van der Waals surface area contributed by atoms with Crippen molar-refractivity contribution in [2.75, 3.05) is 17.7 Å². The molecule has 0 radical (unpaired) electrons. The Bertz CT molecular complexity index is 871. The van der Waals surface area contributed by atoms with Crippen LogP contribution < -0.4 is 15.4 Å². The molecule has 5 nitrogen and oxygen atoms in total. The molecule has 0 atom stereocenters. The zero-order chi connectivity index (χ0) is 19.3. The largest absolute Gasteiger partial charge is 0.497 e. The van der Waals surface area contributed by atoms with Gasteiger partial charge in [-0.25, -0.2) is 4.98 Å². The van der Waals surface area contributed by atoms with Gasteiger partial charge in [-0.1, -0.05) is 42.5 Å². The minimum atomic E-state index is -0.122. The lowest BCUT2D eigenvalue weighted by Crippen LogP contribution is -2.27. The highest BCUT2D eigenvalue weighted by atomic mass is 16.5. The second-order valence-corrected chi connectivity index (χ2v) is 7.40. The summed E-state index contributed by atoms with van der Waals surface area (Å²) in [5, 5.41) is 6.77. The smallest absolute Gasteiger partial charge is 0.225 e. The van der Waals surface area contributed by atoms with Gasteiger partial charge in [-0.2, -0.15) is 4.98 Å². The highest BCUT2D eigenvalue weighted by Gasteiger charge is 2.13. The lowest BCUT2D eigenvalue weighted by atomic mass is 10.1. The number of aromatic nitrogens is 2. The van der Waals surface area contributed by atoms with Crippen molar-refractivity contribution < 1.29 is 4.74 Å². The number of nitrogens with one attached hydrogen (secondary N) is 2. The number of rotatable bonds is 6. The van der Waals surface area contributed by atoms with Gasteiger partial charge < -0.3 is 15.4 Å². The third-order valence-electron chi connectivity index (χ3n) is 3.92. The standard InChI is InChI=1S/C22H26N4O/c1-22(2,3)26-21-24-19(17-8-6-5-7-9-17)14-20(25-21)23-15-16-10-12-18(27-4)13-11-16/h5-14H,15H2,1-4H3,(H2,23,24,25,26). The molecule has 1 aromatic heterocycles. The Morgan fingerprint density at radius 3 is 2.26 bits per heavy atom. The van der Waals surface area contributed by atoms with Crippen LogP contribution in [0.5, 0.6) is 5.75 Å². The molecule has 0 saturated heterocycles. The van der Waals surface area contributed by atoms with E-state index in [2.05, 4.69) is 53.5 Å². The maximum atomic E-state index is 5.21. The van der Waals surface area contributed by atoms with Gasteiger partial charge in [0.2, 0.25) is 5.95 Å². The first-order chi connectivity index (χ1) is 12.9. The third kappa shape index (κ3) is 5.45. The van der Waals surface area contributed by atoms with E-state index in [1.807, 2.05) is 48.5 Å². The van der Waals surface area contributed by atoms with E-state index in [9.17, 15) is 0 Å². The van der Waals surface area contributed by atoms with Crippen molar-refractivity contribution in [3.63, 3.8) is 0 Å². The van der Waals surface area contributed by atoms with Crippen LogP contribution in [-0.2, 0) is 6.54 Å². The fraction of sp³-hybridized carbons (Fsp3) is 0.273. The average molecular weight is 362 g/mol. The summed E-state index contributed by atoms with van der Waals surface area (Å²) in [4.78, 5) is 9.32. The van der Waals surface area contributed by atoms with Crippen LogP contribution in [0.4, 0.5) is 11.8 Å². The monoisotopic (exact) mass is 362 g/mol. The van der Waals surface area contributed by atoms with Crippen molar-refractivity contribution in [3.8, 4) is 17.0 Å². The molecular weight excluding hydrogens is 336 g/mol. The number of anilines is 2. The summed E-state index contributed by atoms with van der Waals surface area (Å²) >= 11 is 0. The first kappa shape index (κ1) is 18.7. The molecule has 140 valence electrons. The van der Waals surface area contributed by atoms with Crippen molar-refractivity contribution in [2.45, 2.75) is 32.9 Å². The molecule has 0 aliphatic carbocycles. The molecule has 2 aromatic carbocycles. The summed E-state index contributed by atoms with van der Waals surface area (Å²) in [5.74, 6) is 2.25. The number of hydrogen-bond donors (Lipinski definition) is 2. The summed E-state index contributed by atoms with van der Waals surface area (Å²) < 4.78 is 5.21. The van der Waals surface area contributed by atoms with Gasteiger partial charge in [-0.15, -0.1) is 0 Å². The fourth-order valence-electron chi connectivity index (χ4n) is 2.62. The first-order valence-electron chi connectivity index (χ1n) is 9.02. The van der Waals surface area contributed by atoms with Crippen LogP contribution in [0.1, 0.15) is 26.3 Å². The second kappa shape index (κ2) is 8.08. The number of nitrogens with zero attached hydrogens (tertiary/aromatic N) is 2. The molecule has 2 N–H and O–H groups in total. The molecule has 0 fully saturated rings. The van der Waals surface area contributed by atoms with Crippen LogP contribution in [0, 0.1) is 0 Å². The first-order valence-corrected chi connectivity index (χ1v) is 9.02.